The summed E-state index contributed by atoms with van der Waals surface area (Å²) in [4.78, 5) is 1.87. The van der Waals surface area contributed by atoms with Gasteiger partial charge in [-0.1, -0.05) is 36.4 Å². The van der Waals surface area contributed by atoms with Crippen LogP contribution in [0.1, 0.15) is 27.8 Å². The Bertz CT molecular complexity index is 1320. The van der Waals surface area contributed by atoms with Gasteiger partial charge in [0.05, 0.1) is 17.1 Å². The van der Waals surface area contributed by atoms with E-state index in [4.69, 9.17) is 4.74 Å². The Kier molecular flexibility index (Phi) is 6.12. The molecule has 0 atom stereocenters. The summed E-state index contributed by atoms with van der Waals surface area (Å²) >= 11 is 0. The molecule has 0 radical (unpaired) electrons. The maximum atomic E-state index is 11.1. The maximum Gasteiger partial charge on any atom is 0.142 e. The summed E-state index contributed by atoms with van der Waals surface area (Å²) in [7, 11) is 0. The molecule has 0 spiro atoms. The first-order valence-corrected chi connectivity index (χ1v) is 11.1. The lowest BCUT2D eigenvalue weighted by molar-refractivity contribution is 0.452. The van der Waals surface area contributed by atoms with Crippen LogP contribution in [0.25, 0.3) is 0 Å². The van der Waals surface area contributed by atoms with Crippen LogP contribution in [0.4, 0.5) is 17.1 Å². The van der Waals surface area contributed by atoms with Gasteiger partial charge in [-0.05, 0) is 80.6 Å². The highest BCUT2D eigenvalue weighted by Crippen LogP contribution is 2.48. The van der Waals surface area contributed by atoms with Crippen molar-refractivity contribution in [3.63, 3.8) is 0 Å². The van der Waals surface area contributed by atoms with Crippen molar-refractivity contribution in [2.75, 3.05) is 4.90 Å². The minimum Gasteiger partial charge on any atom is -0.508 e. The van der Waals surface area contributed by atoms with Gasteiger partial charge in [-0.3, -0.25) is 0 Å². The lowest BCUT2D eigenvalue weighted by atomic mass is 10.0. The summed E-state index contributed by atoms with van der Waals surface area (Å²) in [6.45, 7) is 9.38. The summed E-state index contributed by atoms with van der Waals surface area (Å²) in [6.07, 6.45) is 0. The van der Waals surface area contributed by atoms with E-state index in [1.54, 1.807) is 18.2 Å². The van der Waals surface area contributed by atoms with Gasteiger partial charge in [0.1, 0.15) is 28.7 Å². The van der Waals surface area contributed by atoms with E-state index in [2.05, 4.69) is 0 Å². The zero-order chi connectivity index (χ0) is 24.6. The molecule has 0 amide bonds. The van der Waals surface area contributed by atoms with E-state index in [1.807, 2.05) is 88.0 Å². The maximum absolute atomic E-state index is 11.1. The average Bonchev–Trinajstić information content (AvgIpc) is 2.81. The Morgan fingerprint density at radius 2 is 1.06 bits per heavy atom. The third-order valence-electron chi connectivity index (χ3n) is 6.05. The fourth-order valence-corrected chi connectivity index (χ4v) is 3.97. The predicted octanol–water partition coefficient (Wildman–Crippen LogP) is 7.61. The highest BCUT2D eigenvalue weighted by atomic mass is 16.5. The summed E-state index contributed by atoms with van der Waals surface area (Å²) < 4.78 is 6.03. The second-order valence-electron chi connectivity index (χ2n) is 8.68. The van der Waals surface area contributed by atoms with Crippen LogP contribution in [0.5, 0.6) is 28.7 Å². The van der Waals surface area contributed by atoms with E-state index in [0.717, 1.165) is 27.8 Å². The van der Waals surface area contributed by atoms with Gasteiger partial charge in [0.25, 0.3) is 0 Å². The number of aryl methyl sites for hydroxylation is 5. The first-order valence-electron chi connectivity index (χ1n) is 11.1. The van der Waals surface area contributed by atoms with Crippen LogP contribution in [0.2, 0.25) is 0 Å². The number of hydrogen-bond acceptors (Lipinski definition) is 5. The number of phenolic OH excluding ortho intramolecular Hbond substituents is 3. The van der Waals surface area contributed by atoms with E-state index in [0.29, 0.717) is 28.6 Å². The molecule has 0 fully saturated rings. The fraction of sp³-hybridized carbons (Fsp3) is 0.172. The molecule has 0 bridgehead atoms. The van der Waals surface area contributed by atoms with Crippen molar-refractivity contribution in [3.05, 3.63) is 94.5 Å². The van der Waals surface area contributed by atoms with E-state index < -0.39 is 0 Å². The summed E-state index contributed by atoms with van der Waals surface area (Å²) in [5, 5.41) is 32.3. The summed E-state index contributed by atoms with van der Waals surface area (Å²) in [6, 6.07) is 20.3. The van der Waals surface area contributed by atoms with Crippen LogP contribution < -0.4 is 9.64 Å². The van der Waals surface area contributed by atoms with Crippen molar-refractivity contribution in [2.24, 2.45) is 0 Å². The van der Waals surface area contributed by atoms with E-state index in [9.17, 15) is 15.3 Å². The largest absolute Gasteiger partial charge is 0.508 e. The molecule has 0 aliphatic rings. The number of aromatic hydroxyl groups is 3. The molecule has 174 valence electrons. The molecular weight excluding hydrogens is 426 g/mol. The smallest absolute Gasteiger partial charge is 0.142 e. The van der Waals surface area contributed by atoms with Gasteiger partial charge in [0.15, 0.2) is 0 Å². The highest BCUT2D eigenvalue weighted by molar-refractivity contribution is 5.87. The summed E-state index contributed by atoms with van der Waals surface area (Å²) in [5.41, 5.74) is 5.85. The van der Waals surface area contributed by atoms with E-state index >= 15 is 0 Å². The number of anilines is 3. The molecular formula is C29H29NO4. The quantitative estimate of drug-likeness (QED) is 0.289. The molecule has 5 nitrogen and oxygen atoms in total. The first-order chi connectivity index (χ1) is 16.2. The molecule has 4 aromatic rings. The Morgan fingerprint density at radius 1 is 0.559 bits per heavy atom. The molecule has 0 saturated carbocycles. The SMILES string of the molecule is Cc1ccc(Oc2cccc(N(c3c(C)ccc(C)c3O)c3c(C)ccc(C)c3O)c2)cc1O. The van der Waals surface area contributed by atoms with Crippen molar-refractivity contribution < 1.29 is 20.1 Å². The first kappa shape index (κ1) is 23.1. The molecule has 3 N–H and O–H groups in total. The van der Waals surface area contributed by atoms with Gasteiger partial charge in [-0.15, -0.1) is 0 Å². The molecule has 0 saturated heterocycles. The van der Waals surface area contributed by atoms with Crippen LogP contribution in [0.3, 0.4) is 0 Å². The van der Waals surface area contributed by atoms with Gasteiger partial charge < -0.3 is 25.0 Å². The molecule has 0 aliphatic carbocycles. The topological polar surface area (TPSA) is 73.2 Å². The molecule has 0 aromatic heterocycles. The molecule has 4 rings (SSSR count). The number of hydrogen-bond donors (Lipinski definition) is 3. The number of phenols is 3. The van der Waals surface area contributed by atoms with E-state index in [1.165, 1.54) is 0 Å². The Balaban J connectivity index is 1.91. The van der Waals surface area contributed by atoms with Crippen molar-refractivity contribution >= 4 is 17.1 Å². The lowest BCUT2D eigenvalue weighted by Crippen LogP contribution is -2.14. The van der Waals surface area contributed by atoms with Crippen LogP contribution in [-0.2, 0) is 0 Å². The summed E-state index contributed by atoms with van der Waals surface area (Å²) in [5.74, 6) is 1.53. The predicted molar refractivity (Wildman–Crippen MR) is 136 cm³/mol. The Hall–Kier alpha value is -4.12. The van der Waals surface area contributed by atoms with Crippen molar-refractivity contribution in [1.29, 1.82) is 0 Å². The van der Waals surface area contributed by atoms with Crippen LogP contribution >= 0.6 is 0 Å². The third kappa shape index (κ3) is 4.25. The lowest BCUT2D eigenvalue weighted by Gasteiger charge is -2.30. The van der Waals surface area contributed by atoms with Crippen molar-refractivity contribution in [2.45, 2.75) is 34.6 Å². The second kappa shape index (κ2) is 9.02. The van der Waals surface area contributed by atoms with Crippen LogP contribution in [-0.4, -0.2) is 15.3 Å². The molecule has 0 unspecified atom stereocenters. The molecule has 0 heterocycles. The Labute approximate surface area is 200 Å². The van der Waals surface area contributed by atoms with Gasteiger partial charge >= 0.3 is 0 Å². The highest BCUT2D eigenvalue weighted by Gasteiger charge is 2.24. The number of ether oxygens (including phenoxy) is 1. The minimum absolute atomic E-state index is 0.148. The normalized spacial score (nSPS) is 10.9. The second-order valence-corrected chi connectivity index (χ2v) is 8.68. The van der Waals surface area contributed by atoms with Crippen LogP contribution in [0, 0.1) is 34.6 Å². The van der Waals surface area contributed by atoms with Crippen molar-refractivity contribution in [3.8, 4) is 28.7 Å². The zero-order valence-corrected chi connectivity index (χ0v) is 20.0. The van der Waals surface area contributed by atoms with Gasteiger partial charge in [0, 0.05) is 12.1 Å². The monoisotopic (exact) mass is 455 g/mol. The van der Waals surface area contributed by atoms with Gasteiger partial charge in [-0.25, -0.2) is 0 Å². The fourth-order valence-electron chi connectivity index (χ4n) is 3.97. The number of rotatable bonds is 5. The van der Waals surface area contributed by atoms with Crippen LogP contribution in [0.15, 0.2) is 66.7 Å². The molecule has 0 aliphatic heterocycles. The molecule has 4 aromatic carbocycles. The third-order valence-corrected chi connectivity index (χ3v) is 6.05. The molecule has 34 heavy (non-hydrogen) atoms. The number of nitrogens with zero attached hydrogens (tertiary/aromatic N) is 1. The molecule has 5 heteroatoms. The minimum atomic E-state index is 0.148. The van der Waals surface area contributed by atoms with Gasteiger partial charge in [0.2, 0.25) is 0 Å². The standard InChI is InChI=1S/C29H29NO4/c1-17-13-14-24(16-25(17)31)34-23-8-6-7-22(15-23)30(26-18(2)9-11-20(4)28(26)32)27-19(3)10-12-21(5)29(27)33/h6-16,31-33H,1-5H3. The van der Waals surface area contributed by atoms with Crippen molar-refractivity contribution in [1.82, 2.24) is 0 Å². The zero-order valence-electron chi connectivity index (χ0n) is 20.0. The Morgan fingerprint density at radius 3 is 1.62 bits per heavy atom. The average molecular weight is 456 g/mol. The van der Waals surface area contributed by atoms with E-state index in [-0.39, 0.29) is 17.2 Å². The number of benzene rings is 4. The van der Waals surface area contributed by atoms with Gasteiger partial charge in [-0.2, -0.15) is 0 Å².